The topological polar surface area (TPSA) is 93.8 Å². The average molecular weight is 289 g/mol. The highest BCUT2D eigenvalue weighted by atomic mass is 35.5. The molecule has 0 aromatic heterocycles. The van der Waals surface area contributed by atoms with Gasteiger partial charge in [-0.25, -0.2) is 0 Å². The first-order valence-electron chi connectivity index (χ1n) is 5.58. The van der Waals surface area contributed by atoms with E-state index >= 15 is 0 Å². The molecule has 1 aromatic carbocycles. The summed E-state index contributed by atoms with van der Waals surface area (Å²) in [5.74, 6) is 0.213. The van der Waals surface area contributed by atoms with Crippen LogP contribution < -0.4 is 20.5 Å². The van der Waals surface area contributed by atoms with Gasteiger partial charge in [-0.2, -0.15) is 0 Å². The molecule has 0 bridgehead atoms. The Kier molecular flexibility index (Phi) is 5.88. The Balaban J connectivity index is 2.69. The molecule has 0 saturated heterocycles. The van der Waals surface area contributed by atoms with Gasteiger partial charge in [-0.05, 0) is 17.7 Å². The Labute approximate surface area is 116 Å². The minimum atomic E-state index is -1.21. The van der Waals surface area contributed by atoms with Crippen LogP contribution in [0.5, 0.6) is 11.5 Å². The molecule has 0 aliphatic carbocycles. The number of nitrogens with one attached hydrogen (secondary N) is 1. The molecule has 6 nitrogen and oxygen atoms in total. The van der Waals surface area contributed by atoms with E-state index < -0.39 is 12.0 Å². The number of halogens is 1. The number of aliphatic hydroxyl groups excluding tert-OH is 1. The Hall–Kier alpha value is -1.50. The van der Waals surface area contributed by atoms with Crippen LogP contribution in [-0.4, -0.2) is 37.9 Å². The summed E-state index contributed by atoms with van der Waals surface area (Å²) >= 11 is 6.05. The number of hydrogen-bond acceptors (Lipinski definition) is 5. The van der Waals surface area contributed by atoms with Crippen molar-refractivity contribution < 1.29 is 19.4 Å². The summed E-state index contributed by atoms with van der Waals surface area (Å²) in [7, 11) is 3.02. The van der Waals surface area contributed by atoms with Crippen LogP contribution in [0.15, 0.2) is 12.1 Å². The second kappa shape index (κ2) is 7.18. The smallest absolute Gasteiger partial charge is 0.247 e. The maximum Gasteiger partial charge on any atom is 0.247 e. The molecule has 0 heterocycles. The molecular formula is C12H17ClN2O4. The number of primary amides is 1. The van der Waals surface area contributed by atoms with Crippen molar-refractivity contribution in [1.82, 2.24) is 5.32 Å². The quantitative estimate of drug-likeness (QED) is 0.671. The van der Waals surface area contributed by atoms with Crippen molar-refractivity contribution in [3.05, 3.63) is 22.7 Å². The lowest BCUT2D eigenvalue weighted by Crippen LogP contribution is -2.37. The fraction of sp³-hybridized carbons (Fsp3) is 0.417. The van der Waals surface area contributed by atoms with E-state index in [-0.39, 0.29) is 6.54 Å². The predicted octanol–water partition coefficient (Wildman–Crippen LogP) is 0.293. The van der Waals surface area contributed by atoms with Gasteiger partial charge in [-0.3, -0.25) is 4.79 Å². The Bertz CT molecular complexity index is 454. The van der Waals surface area contributed by atoms with E-state index in [2.05, 4.69) is 5.32 Å². The zero-order valence-corrected chi connectivity index (χ0v) is 11.5. The summed E-state index contributed by atoms with van der Waals surface area (Å²) in [6.45, 7) is 0.478. The number of rotatable bonds is 7. The minimum absolute atomic E-state index is 0.0707. The summed E-state index contributed by atoms with van der Waals surface area (Å²) in [4.78, 5) is 10.7. The number of amides is 1. The second-order valence-electron chi connectivity index (χ2n) is 3.86. The van der Waals surface area contributed by atoms with Crippen molar-refractivity contribution in [2.45, 2.75) is 12.6 Å². The molecule has 0 spiro atoms. The highest BCUT2D eigenvalue weighted by Gasteiger charge is 2.12. The van der Waals surface area contributed by atoms with Crippen molar-refractivity contribution in [3.8, 4) is 11.5 Å². The fourth-order valence-electron chi connectivity index (χ4n) is 1.53. The molecule has 1 rings (SSSR count). The molecule has 0 fully saturated rings. The van der Waals surface area contributed by atoms with Gasteiger partial charge < -0.3 is 25.6 Å². The number of hydrogen-bond donors (Lipinski definition) is 3. The maximum atomic E-state index is 10.7. The van der Waals surface area contributed by atoms with Crippen LogP contribution in [-0.2, 0) is 11.3 Å². The average Bonchev–Trinajstić information content (AvgIpc) is 2.37. The third kappa shape index (κ3) is 4.27. The van der Waals surface area contributed by atoms with Crippen LogP contribution in [0.25, 0.3) is 0 Å². The van der Waals surface area contributed by atoms with Crippen molar-refractivity contribution in [2.75, 3.05) is 20.8 Å². The molecule has 0 saturated carbocycles. The van der Waals surface area contributed by atoms with E-state index in [1.165, 1.54) is 14.2 Å². The molecule has 1 aromatic rings. The highest BCUT2D eigenvalue weighted by Crippen LogP contribution is 2.35. The third-order valence-corrected chi connectivity index (χ3v) is 2.77. The van der Waals surface area contributed by atoms with E-state index in [1.54, 1.807) is 12.1 Å². The molecule has 0 radical (unpaired) electrons. The number of aliphatic hydroxyl groups is 1. The van der Waals surface area contributed by atoms with Crippen LogP contribution in [0.4, 0.5) is 0 Å². The first-order chi connectivity index (χ1) is 8.99. The first kappa shape index (κ1) is 15.6. The van der Waals surface area contributed by atoms with Gasteiger partial charge in [0.2, 0.25) is 5.91 Å². The maximum absolute atomic E-state index is 10.7. The van der Waals surface area contributed by atoms with Gasteiger partial charge in [0, 0.05) is 13.1 Å². The number of nitrogens with two attached hydrogens (primary N) is 1. The molecule has 1 amide bonds. The van der Waals surface area contributed by atoms with E-state index in [0.717, 1.165) is 5.56 Å². The Morgan fingerprint density at radius 2 is 2.16 bits per heavy atom. The molecule has 106 valence electrons. The van der Waals surface area contributed by atoms with Crippen LogP contribution in [0.2, 0.25) is 5.02 Å². The van der Waals surface area contributed by atoms with Crippen molar-refractivity contribution >= 4 is 17.5 Å². The number of carbonyl (C=O) groups excluding carboxylic acids is 1. The summed E-state index contributed by atoms with van der Waals surface area (Å²) in [6.07, 6.45) is -1.21. The SMILES string of the molecule is COc1cc(CNCC(O)C(N)=O)cc(Cl)c1OC. The van der Waals surface area contributed by atoms with Gasteiger partial charge in [0.15, 0.2) is 11.5 Å². The number of ether oxygens (including phenoxy) is 2. The van der Waals surface area contributed by atoms with Gasteiger partial charge in [-0.1, -0.05) is 11.6 Å². The van der Waals surface area contributed by atoms with E-state index in [4.69, 9.17) is 26.8 Å². The van der Waals surface area contributed by atoms with E-state index in [0.29, 0.717) is 23.1 Å². The first-order valence-corrected chi connectivity index (χ1v) is 5.95. The summed E-state index contributed by atoms with van der Waals surface area (Å²) < 4.78 is 10.3. The van der Waals surface area contributed by atoms with Gasteiger partial charge >= 0.3 is 0 Å². The zero-order chi connectivity index (χ0) is 14.4. The number of carbonyl (C=O) groups is 1. The van der Waals surface area contributed by atoms with Gasteiger partial charge in [0.25, 0.3) is 0 Å². The van der Waals surface area contributed by atoms with Crippen LogP contribution in [0.1, 0.15) is 5.56 Å². The summed E-state index contributed by atoms with van der Waals surface area (Å²) in [5, 5.41) is 12.6. The molecule has 1 atom stereocenters. The van der Waals surface area contributed by atoms with Gasteiger partial charge in [0.05, 0.1) is 19.2 Å². The van der Waals surface area contributed by atoms with Crippen LogP contribution in [0.3, 0.4) is 0 Å². The molecule has 0 aliphatic rings. The lowest BCUT2D eigenvalue weighted by molar-refractivity contribution is -0.125. The Morgan fingerprint density at radius 3 is 2.68 bits per heavy atom. The zero-order valence-electron chi connectivity index (χ0n) is 10.8. The molecule has 0 aliphatic heterocycles. The number of benzene rings is 1. The summed E-state index contributed by atoms with van der Waals surface area (Å²) in [6, 6.07) is 3.47. The largest absolute Gasteiger partial charge is 0.493 e. The molecule has 1 unspecified atom stereocenters. The second-order valence-corrected chi connectivity index (χ2v) is 4.27. The Morgan fingerprint density at radius 1 is 1.47 bits per heavy atom. The van der Waals surface area contributed by atoms with Crippen LogP contribution in [0, 0.1) is 0 Å². The normalized spacial score (nSPS) is 12.0. The van der Waals surface area contributed by atoms with Crippen LogP contribution >= 0.6 is 11.6 Å². The predicted molar refractivity (Wildman–Crippen MR) is 71.5 cm³/mol. The summed E-state index contributed by atoms with van der Waals surface area (Å²) in [5.41, 5.74) is 5.77. The van der Waals surface area contributed by atoms with Gasteiger partial charge in [-0.15, -0.1) is 0 Å². The monoisotopic (exact) mass is 288 g/mol. The van der Waals surface area contributed by atoms with E-state index in [1.807, 2.05) is 0 Å². The minimum Gasteiger partial charge on any atom is -0.493 e. The molecule has 7 heteroatoms. The molecule has 4 N–H and O–H groups in total. The highest BCUT2D eigenvalue weighted by molar-refractivity contribution is 6.32. The molecular weight excluding hydrogens is 272 g/mol. The fourth-order valence-corrected chi connectivity index (χ4v) is 1.84. The molecule has 19 heavy (non-hydrogen) atoms. The van der Waals surface area contributed by atoms with Gasteiger partial charge in [0.1, 0.15) is 6.10 Å². The van der Waals surface area contributed by atoms with Crippen molar-refractivity contribution in [2.24, 2.45) is 5.73 Å². The number of methoxy groups -OCH3 is 2. The van der Waals surface area contributed by atoms with Crippen molar-refractivity contribution in [3.63, 3.8) is 0 Å². The lowest BCUT2D eigenvalue weighted by Gasteiger charge is -2.13. The lowest BCUT2D eigenvalue weighted by atomic mass is 10.2. The third-order valence-electron chi connectivity index (χ3n) is 2.49. The van der Waals surface area contributed by atoms with E-state index in [9.17, 15) is 9.90 Å². The standard InChI is InChI=1S/C12H17ClN2O4/c1-18-10-4-7(3-8(13)11(10)19-2)5-15-6-9(16)12(14)17/h3-4,9,15-16H,5-6H2,1-2H3,(H2,14,17). The van der Waals surface area contributed by atoms with Crippen molar-refractivity contribution in [1.29, 1.82) is 0 Å².